The van der Waals surface area contributed by atoms with E-state index in [1.54, 1.807) is 0 Å². The Morgan fingerprint density at radius 3 is 2.50 bits per heavy atom. The SMILES string of the molecule is Cc1cc(C)cc(Cn2c(C(C)F)nc3cc(F)c(/C=C/C(=O)NO)cc3c2=O)c1. The molecule has 0 aliphatic rings. The topological polar surface area (TPSA) is 84.2 Å². The molecule has 156 valence electrons. The molecule has 0 saturated heterocycles. The van der Waals surface area contributed by atoms with E-state index in [9.17, 15) is 18.4 Å². The van der Waals surface area contributed by atoms with Crippen LogP contribution in [0.1, 0.15) is 41.2 Å². The van der Waals surface area contributed by atoms with Gasteiger partial charge < -0.3 is 0 Å². The molecule has 2 N–H and O–H groups in total. The molecule has 0 fully saturated rings. The lowest BCUT2D eigenvalue weighted by Crippen LogP contribution is -2.26. The van der Waals surface area contributed by atoms with E-state index >= 15 is 0 Å². The Morgan fingerprint density at radius 2 is 1.90 bits per heavy atom. The summed E-state index contributed by atoms with van der Waals surface area (Å²) in [6.45, 7) is 5.25. The molecule has 6 nitrogen and oxygen atoms in total. The molecule has 0 aliphatic carbocycles. The van der Waals surface area contributed by atoms with Crippen LogP contribution in [0.15, 0.2) is 41.2 Å². The zero-order valence-corrected chi connectivity index (χ0v) is 16.7. The summed E-state index contributed by atoms with van der Waals surface area (Å²) in [6, 6.07) is 8.09. The van der Waals surface area contributed by atoms with Crippen molar-refractivity contribution in [1.82, 2.24) is 15.0 Å². The first-order valence-electron chi connectivity index (χ1n) is 9.27. The maximum absolute atomic E-state index is 14.4. The number of nitrogens with zero attached hydrogens (tertiary/aromatic N) is 2. The molecule has 0 saturated carbocycles. The van der Waals surface area contributed by atoms with Crippen LogP contribution in [0.3, 0.4) is 0 Å². The number of aryl methyl sites for hydroxylation is 2. The zero-order valence-electron chi connectivity index (χ0n) is 16.7. The summed E-state index contributed by atoms with van der Waals surface area (Å²) < 4.78 is 29.9. The lowest BCUT2D eigenvalue weighted by molar-refractivity contribution is -0.124. The molecule has 3 rings (SSSR count). The summed E-state index contributed by atoms with van der Waals surface area (Å²) in [5.74, 6) is -1.67. The quantitative estimate of drug-likeness (QED) is 0.379. The highest BCUT2D eigenvalue weighted by atomic mass is 19.1. The number of aromatic nitrogens is 2. The normalized spacial score (nSPS) is 12.5. The molecule has 0 radical (unpaired) electrons. The highest BCUT2D eigenvalue weighted by molar-refractivity contribution is 5.91. The number of nitrogens with one attached hydrogen (secondary N) is 1. The van der Waals surface area contributed by atoms with Crippen LogP contribution in [0.4, 0.5) is 8.78 Å². The molecule has 0 aliphatic heterocycles. The van der Waals surface area contributed by atoms with Crippen LogP contribution in [0, 0.1) is 19.7 Å². The van der Waals surface area contributed by atoms with Gasteiger partial charge in [-0.25, -0.2) is 19.2 Å². The molecule has 1 heterocycles. The van der Waals surface area contributed by atoms with Crippen molar-refractivity contribution >= 4 is 22.9 Å². The van der Waals surface area contributed by atoms with Crippen LogP contribution in [0.5, 0.6) is 0 Å². The lowest BCUT2D eigenvalue weighted by Gasteiger charge is -2.15. The van der Waals surface area contributed by atoms with Crippen LogP contribution >= 0.6 is 0 Å². The number of hydrogen-bond donors (Lipinski definition) is 2. The second kappa shape index (κ2) is 8.54. The van der Waals surface area contributed by atoms with Crippen molar-refractivity contribution < 1.29 is 18.8 Å². The molecular formula is C22H21F2N3O3. The third-order valence-electron chi connectivity index (χ3n) is 4.60. The van der Waals surface area contributed by atoms with E-state index in [2.05, 4.69) is 4.98 Å². The maximum Gasteiger partial charge on any atom is 0.267 e. The molecule has 30 heavy (non-hydrogen) atoms. The number of hydrogen-bond acceptors (Lipinski definition) is 4. The Hall–Kier alpha value is -3.39. The first-order valence-corrected chi connectivity index (χ1v) is 9.27. The zero-order chi connectivity index (χ0) is 22.0. The van der Waals surface area contributed by atoms with Gasteiger partial charge >= 0.3 is 0 Å². The van der Waals surface area contributed by atoms with Crippen molar-refractivity contribution in [1.29, 1.82) is 0 Å². The van der Waals surface area contributed by atoms with Crippen LogP contribution in [-0.4, -0.2) is 20.7 Å². The summed E-state index contributed by atoms with van der Waals surface area (Å²) in [5, 5.41) is 8.64. The molecule has 3 aromatic rings. The van der Waals surface area contributed by atoms with Crippen molar-refractivity contribution in [2.45, 2.75) is 33.5 Å². The van der Waals surface area contributed by atoms with Gasteiger partial charge in [-0.3, -0.25) is 19.4 Å². The molecule has 1 aromatic heterocycles. The first-order chi connectivity index (χ1) is 14.2. The van der Waals surface area contributed by atoms with E-state index in [0.29, 0.717) is 0 Å². The fourth-order valence-electron chi connectivity index (χ4n) is 3.41. The third-order valence-corrected chi connectivity index (χ3v) is 4.60. The van der Waals surface area contributed by atoms with Crippen molar-refractivity contribution in [3.05, 3.63) is 80.7 Å². The highest BCUT2D eigenvalue weighted by Gasteiger charge is 2.18. The van der Waals surface area contributed by atoms with E-state index < -0.39 is 23.5 Å². The summed E-state index contributed by atoms with van der Waals surface area (Å²) in [4.78, 5) is 28.5. The Labute approximate surface area is 171 Å². The molecule has 8 heteroatoms. The van der Waals surface area contributed by atoms with Crippen molar-refractivity contribution in [2.24, 2.45) is 0 Å². The predicted molar refractivity (Wildman–Crippen MR) is 109 cm³/mol. The van der Waals surface area contributed by atoms with Gasteiger partial charge in [0.1, 0.15) is 11.6 Å². The second-order valence-corrected chi connectivity index (χ2v) is 7.17. The van der Waals surface area contributed by atoms with E-state index in [-0.39, 0.29) is 28.8 Å². The standard InChI is InChI=1S/C22H21F2N3O3/c1-12-6-13(2)8-15(7-12)11-27-21(14(3)23)25-19-10-18(24)16(4-5-20(28)26-30)9-17(19)22(27)29/h4-10,14,30H,11H2,1-3H3,(H,26,28)/b5-4+. The van der Waals surface area contributed by atoms with Crippen LogP contribution < -0.4 is 11.0 Å². The van der Waals surface area contributed by atoms with Gasteiger partial charge in [0.25, 0.3) is 11.5 Å². The average molecular weight is 413 g/mol. The molecule has 1 unspecified atom stereocenters. The molecular weight excluding hydrogens is 392 g/mol. The predicted octanol–water partition coefficient (Wildman–Crippen LogP) is 3.75. The van der Waals surface area contributed by atoms with E-state index in [1.165, 1.54) is 23.0 Å². The van der Waals surface area contributed by atoms with Crippen molar-refractivity contribution in [2.75, 3.05) is 0 Å². The van der Waals surface area contributed by atoms with Gasteiger partial charge in [-0.1, -0.05) is 29.3 Å². The number of hydroxylamine groups is 1. The smallest absolute Gasteiger partial charge is 0.267 e. The van der Waals surface area contributed by atoms with Gasteiger partial charge in [-0.05, 0) is 38.5 Å². The van der Waals surface area contributed by atoms with E-state index in [1.807, 2.05) is 32.0 Å². The monoisotopic (exact) mass is 413 g/mol. The first kappa shape index (κ1) is 21.3. The number of benzene rings is 2. The van der Waals surface area contributed by atoms with Crippen LogP contribution in [0.25, 0.3) is 17.0 Å². The third kappa shape index (κ3) is 4.44. The summed E-state index contributed by atoms with van der Waals surface area (Å²) >= 11 is 0. The van der Waals surface area contributed by atoms with Gasteiger partial charge in [-0.15, -0.1) is 0 Å². The minimum absolute atomic E-state index is 0.0254. The van der Waals surface area contributed by atoms with Crippen molar-refractivity contribution in [3.8, 4) is 0 Å². The number of carbonyl (C=O) groups is 1. The van der Waals surface area contributed by atoms with Crippen LogP contribution in [-0.2, 0) is 11.3 Å². The highest BCUT2D eigenvalue weighted by Crippen LogP contribution is 2.21. The maximum atomic E-state index is 14.4. The summed E-state index contributed by atoms with van der Waals surface area (Å²) in [7, 11) is 0. The molecule has 2 aromatic carbocycles. The lowest BCUT2D eigenvalue weighted by atomic mass is 10.1. The minimum Gasteiger partial charge on any atom is -0.289 e. The molecule has 0 spiro atoms. The Bertz CT molecular complexity index is 1200. The molecule has 1 amide bonds. The van der Waals surface area contributed by atoms with Gasteiger partial charge in [-0.2, -0.15) is 0 Å². The number of alkyl halides is 1. The fraction of sp³-hybridized carbons (Fsp3) is 0.227. The van der Waals surface area contributed by atoms with Crippen LogP contribution in [0.2, 0.25) is 0 Å². The summed E-state index contributed by atoms with van der Waals surface area (Å²) in [5.41, 5.74) is 3.72. The number of halogens is 2. The number of amides is 1. The van der Waals surface area contributed by atoms with Crippen molar-refractivity contribution in [3.63, 3.8) is 0 Å². The fourth-order valence-corrected chi connectivity index (χ4v) is 3.41. The van der Waals surface area contributed by atoms with E-state index in [0.717, 1.165) is 34.9 Å². The van der Waals surface area contributed by atoms with Gasteiger partial charge in [0, 0.05) is 17.7 Å². The molecule has 1 atom stereocenters. The number of fused-ring (bicyclic) bond motifs is 1. The van der Waals surface area contributed by atoms with Gasteiger partial charge in [0.05, 0.1) is 17.4 Å². The summed E-state index contributed by atoms with van der Waals surface area (Å²) in [6.07, 6.45) is 0.507. The van der Waals surface area contributed by atoms with Gasteiger partial charge in [0.2, 0.25) is 0 Å². The average Bonchev–Trinajstić information content (AvgIpc) is 2.67. The largest absolute Gasteiger partial charge is 0.289 e. The Kier molecular flexibility index (Phi) is 6.07. The second-order valence-electron chi connectivity index (χ2n) is 7.17. The van der Waals surface area contributed by atoms with E-state index in [4.69, 9.17) is 5.21 Å². The number of carbonyl (C=O) groups excluding carboxylic acids is 1. The Morgan fingerprint density at radius 1 is 1.23 bits per heavy atom. The minimum atomic E-state index is -1.54. The van der Waals surface area contributed by atoms with Gasteiger partial charge in [0.15, 0.2) is 6.17 Å². The molecule has 0 bridgehead atoms. The Balaban J connectivity index is 2.20. The number of rotatable bonds is 5.